The fraction of sp³-hybridized carbons (Fsp3) is 0.412. The van der Waals surface area contributed by atoms with Gasteiger partial charge in [0.15, 0.2) is 5.78 Å². The molecular weight excluding hydrogens is 314 g/mol. The second-order valence-electron chi connectivity index (χ2n) is 6.71. The summed E-state index contributed by atoms with van der Waals surface area (Å²) in [5.74, 6) is -3.59. The van der Waals surface area contributed by atoms with E-state index in [-0.39, 0.29) is 0 Å². The van der Waals surface area contributed by atoms with Crippen LogP contribution >= 0.6 is 0 Å². The van der Waals surface area contributed by atoms with Crippen LogP contribution in [0.25, 0.3) is 0 Å². The molecule has 0 saturated carbocycles. The second kappa shape index (κ2) is 4.73. The molecule has 126 valence electrons. The number of ketones is 1. The van der Waals surface area contributed by atoms with Crippen LogP contribution < -0.4 is 0 Å². The van der Waals surface area contributed by atoms with Crippen molar-refractivity contribution in [2.24, 2.45) is 5.41 Å². The molecule has 1 aromatic carbocycles. The highest BCUT2D eigenvalue weighted by molar-refractivity contribution is 6.31. The Morgan fingerprint density at radius 1 is 1.00 bits per heavy atom. The Morgan fingerprint density at radius 3 is 2.12 bits per heavy atom. The van der Waals surface area contributed by atoms with E-state index in [1.165, 1.54) is 20.8 Å². The summed E-state index contributed by atoms with van der Waals surface area (Å²) in [5, 5.41) is 9.73. The first-order valence-corrected chi connectivity index (χ1v) is 7.48. The Labute approximate surface area is 138 Å². The van der Waals surface area contributed by atoms with Crippen molar-refractivity contribution in [3.8, 4) is 0 Å². The predicted octanol–water partition coefficient (Wildman–Crippen LogP) is 0.154. The molecule has 1 aromatic rings. The van der Waals surface area contributed by atoms with Gasteiger partial charge in [-0.3, -0.25) is 19.3 Å². The number of esters is 1. The SMILES string of the molecule is CC1(C)C(=O)N2C(=O)[C@@](C)(c3ccccc3)OC(=O)[C@@]2(CO)C1=O. The van der Waals surface area contributed by atoms with Crippen LogP contribution in [0.5, 0.6) is 0 Å². The molecule has 2 aliphatic rings. The van der Waals surface area contributed by atoms with E-state index in [0.29, 0.717) is 10.5 Å². The molecule has 2 amide bonds. The van der Waals surface area contributed by atoms with E-state index in [4.69, 9.17) is 4.74 Å². The normalized spacial score (nSPS) is 31.9. The van der Waals surface area contributed by atoms with Crippen molar-refractivity contribution in [2.75, 3.05) is 6.61 Å². The smallest absolute Gasteiger partial charge is 0.344 e. The highest BCUT2D eigenvalue weighted by atomic mass is 16.6. The quantitative estimate of drug-likeness (QED) is 0.470. The minimum Gasteiger partial charge on any atom is -0.442 e. The maximum absolute atomic E-state index is 13.0. The van der Waals surface area contributed by atoms with E-state index in [9.17, 15) is 24.3 Å². The lowest BCUT2D eigenvalue weighted by Crippen LogP contribution is -2.70. The second-order valence-corrected chi connectivity index (χ2v) is 6.71. The highest BCUT2D eigenvalue weighted by Crippen LogP contribution is 2.47. The molecule has 0 unspecified atom stereocenters. The molecule has 0 bridgehead atoms. The summed E-state index contributed by atoms with van der Waals surface area (Å²) in [6.45, 7) is 3.02. The van der Waals surface area contributed by atoms with Crippen LogP contribution in [0.4, 0.5) is 0 Å². The van der Waals surface area contributed by atoms with Crippen molar-refractivity contribution in [3.63, 3.8) is 0 Å². The highest BCUT2D eigenvalue weighted by Gasteiger charge is 2.74. The molecule has 2 atom stereocenters. The van der Waals surface area contributed by atoms with Crippen molar-refractivity contribution >= 4 is 23.6 Å². The number of aliphatic hydroxyl groups is 1. The number of morpholine rings is 1. The summed E-state index contributed by atoms with van der Waals surface area (Å²) >= 11 is 0. The number of rotatable bonds is 2. The zero-order valence-corrected chi connectivity index (χ0v) is 13.5. The van der Waals surface area contributed by atoms with Gasteiger partial charge in [-0.1, -0.05) is 30.3 Å². The molecule has 0 aliphatic carbocycles. The number of fused-ring (bicyclic) bond motifs is 1. The number of Topliss-reactive ketones (excluding diaryl/α,β-unsaturated/α-hetero) is 1. The molecule has 1 N–H and O–H groups in total. The van der Waals surface area contributed by atoms with Gasteiger partial charge in [-0.25, -0.2) is 4.79 Å². The number of aliphatic hydroxyl groups excluding tert-OH is 1. The van der Waals surface area contributed by atoms with Crippen LogP contribution in [0.3, 0.4) is 0 Å². The lowest BCUT2D eigenvalue weighted by Gasteiger charge is -2.44. The Balaban J connectivity index is 2.22. The fourth-order valence-corrected chi connectivity index (χ4v) is 3.29. The maximum Gasteiger partial charge on any atom is 0.344 e. The molecule has 7 heteroatoms. The summed E-state index contributed by atoms with van der Waals surface area (Å²) in [6.07, 6.45) is 0. The fourth-order valence-electron chi connectivity index (χ4n) is 3.29. The van der Waals surface area contributed by atoms with Crippen molar-refractivity contribution in [1.82, 2.24) is 4.90 Å². The van der Waals surface area contributed by atoms with E-state index in [1.807, 2.05) is 0 Å². The van der Waals surface area contributed by atoms with E-state index >= 15 is 0 Å². The third kappa shape index (κ3) is 1.65. The van der Waals surface area contributed by atoms with E-state index in [1.54, 1.807) is 30.3 Å². The van der Waals surface area contributed by atoms with Gasteiger partial charge in [0.2, 0.25) is 17.0 Å². The molecule has 24 heavy (non-hydrogen) atoms. The zero-order chi connectivity index (χ0) is 17.9. The summed E-state index contributed by atoms with van der Waals surface area (Å²) in [5.41, 5.74) is -5.27. The molecule has 3 rings (SSSR count). The Kier molecular flexibility index (Phi) is 3.22. The van der Waals surface area contributed by atoms with Gasteiger partial charge in [0.05, 0.1) is 6.61 Å². The number of hydrogen-bond acceptors (Lipinski definition) is 6. The van der Waals surface area contributed by atoms with E-state index in [0.717, 1.165) is 0 Å². The number of cyclic esters (lactones) is 1. The first-order valence-electron chi connectivity index (χ1n) is 7.48. The summed E-state index contributed by atoms with van der Waals surface area (Å²) in [4.78, 5) is 51.6. The molecule has 0 aromatic heterocycles. The monoisotopic (exact) mass is 331 g/mol. The average Bonchev–Trinajstić information content (AvgIpc) is 2.72. The van der Waals surface area contributed by atoms with Crippen molar-refractivity contribution in [1.29, 1.82) is 0 Å². The number of imide groups is 1. The molecule has 2 saturated heterocycles. The van der Waals surface area contributed by atoms with Gasteiger partial charge >= 0.3 is 5.97 Å². The molecular formula is C17H17NO6. The summed E-state index contributed by atoms with van der Waals surface area (Å²) in [6, 6.07) is 8.23. The third-order valence-corrected chi connectivity index (χ3v) is 4.86. The molecule has 7 nitrogen and oxygen atoms in total. The Bertz CT molecular complexity index is 771. The van der Waals surface area contributed by atoms with Crippen LogP contribution in [-0.2, 0) is 29.5 Å². The van der Waals surface area contributed by atoms with Gasteiger partial charge in [-0.15, -0.1) is 0 Å². The van der Waals surface area contributed by atoms with Crippen molar-refractivity contribution in [3.05, 3.63) is 35.9 Å². The van der Waals surface area contributed by atoms with Crippen LogP contribution in [0.1, 0.15) is 26.3 Å². The van der Waals surface area contributed by atoms with Gasteiger partial charge in [0.25, 0.3) is 5.91 Å². The minimum atomic E-state index is -2.30. The van der Waals surface area contributed by atoms with E-state index in [2.05, 4.69) is 0 Å². The number of carbonyl (C=O) groups excluding carboxylic acids is 4. The minimum absolute atomic E-state index is 0.375. The molecule has 2 fully saturated rings. The van der Waals surface area contributed by atoms with Gasteiger partial charge in [0, 0.05) is 5.56 Å². The summed E-state index contributed by atoms with van der Waals surface area (Å²) in [7, 11) is 0. The number of nitrogens with zero attached hydrogens (tertiary/aromatic N) is 1. The van der Waals surface area contributed by atoms with Gasteiger partial charge in [-0.05, 0) is 20.8 Å². The number of benzene rings is 1. The molecule has 0 spiro atoms. The predicted molar refractivity (Wildman–Crippen MR) is 80.3 cm³/mol. The van der Waals surface area contributed by atoms with Crippen LogP contribution in [0.15, 0.2) is 30.3 Å². The largest absolute Gasteiger partial charge is 0.442 e. The van der Waals surface area contributed by atoms with Crippen LogP contribution in [-0.4, -0.2) is 45.7 Å². The van der Waals surface area contributed by atoms with Gasteiger partial charge in [0.1, 0.15) is 5.41 Å². The first kappa shape index (κ1) is 16.3. The Morgan fingerprint density at radius 2 is 1.58 bits per heavy atom. The van der Waals surface area contributed by atoms with Crippen molar-refractivity contribution < 1.29 is 29.0 Å². The number of carbonyl (C=O) groups is 4. The zero-order valence-electron chi connectivity index (χ0n) is 13.5. The van der Waals surface area contributed by atoms with Crippen molar-refractivity contribution in [2.45, 2.75) is 31.9 Å². The topological polar surface area (TPSA) is 101 Å². The Hall–Kier alpha value is -2.54. The first-order chi connectivity index (χ1) is 11.1. The number of hydrogen-bond donors (Lipinski definition) is 1. The third-order valence-electron chi connectivity index (χ3n) is 4.86. The molecule has 2 heterocycles. The lowest BCUT2D eigenvalue weighted by atomic mass is 9.81. The number of amides is 2. The van der Waals surface area contributed by atoms with Crippen LogP contribution in [0.2, 0.25) is 0 Å². The van der Waals surface area contributed by atoms with E-state index < -0.39 is 46.7 Å². The van der Waals surface area contributed by atoms with Gasteiger partial charge in [-0.2, -0.15) is 0 Å². The molecule has 0 radical (unpaired) electrons. The van der Waals surface area contributed by atoms with Crippen LogP contribution in [0, 0.1) is 5.41 Å². The summed E-state index contributed by atoms with van der Waals surface area (Å²) < 4.78 is 5.33. The van der Waals surface area contributed by atoms with Gasteiger partial charge < -0.3 is 9.84 Å². The standard InChI is InChI=1S/C17H17NO6/c1-15(2)11(20)17(9-19)14(23)24-16(3,10-7-5-4-6-8-10)13(22)18(17)12(15)21/h4-8,19H,9H2,1-3H3/t16-,17-/m1/s1. The average molecular weight is 331 g/mol. The molecule has 2 aliphatic heterocycles. The lowest BCUT2D eigenvalue weighted by molar-refractivity contribution is -0.203. The maximum atomic E-state index is 13.0. The number of ether oxygens (including phenoxy) is 1.